The van der Waals surface area contributed by atoms with Gasteiger partial charge in [0, 0.05) is 48.4 Å². The number of hydrogen-bond donors (Lipinski definition) is 1. The average molecular weight is 506 g/mol. The summed E-state index contributed by atoms with van der Waals surface area (Å²) in [5.41, 5.74) is 0.584. The molecule has 10 heteroatoms. The fourth-order valence-electron chi connectivity index (χ4n) is 3.87. The molecule has 1 atom stereocenters. The third-order valence-electron chi connectivity index (χ3n) is 6.03. The van der Waals surface area contributed by atoms with E-state index in [1.54, 1.807) is 19.1 Å². The van der Waals surface area contributed by atoms with Gasteiger partial charge < -0.3 is 9.84 Å². The normalized spacial score (nSPS) is 16.8. The number of carbonyl (C=O) groups is 1. The molecule has 0 aromatic carbocycles. The smallest absolute Gasteiger partial charge is 0.412 e. The lowest BCUT2D eigenvalue weighted by atomic mass is 9.91. The lowest BCUT2D eigenvalue weighted by molar-refractivity contribution is -0.145. The first-order valence-electron chi connectivity index (χ1n) is 11.3. The molecule has 0 fully saturated rings. The van der Waals surface area contributed by atoms with Gasteiger partial charge in [0.1, 0.15) is 23.5 Å². The number of aliphatic carboxylic acids is 1. The quantitative estimate of drug-likeness (QED) is 0.272. The first-order chi connectivity index (χ1) is 16.9. The molecule has 1 N–H and O–H groups in total. The molecule has 0 amide bonds. The van der Waals surface area contributed by atoms with Gasteiger partial charge in [-0.25, -0.2) is 9.37 Å². The third-order valence-corrected chi connectivity index (χ3v) is 6.03. The van der Waals surface area contributed by atoms with E-state index in [1.165, 1.54) is 44.7 Å². The number of aliphatic imine (C=N–C) groups is 1. The van der Waals surface area contributed by atoms with Crippen LogP contribution in [0.4, 0.5) is 17.6 Å². The number of allylic oxidation sites excluding steroid dienone is 4. The minimum absolute atomic E-state index is 0.0868. The molecule has 36 heavy (non-hydrogen) atoms. The Balaban J connectivity index is 1.77. The van der Waals surface area contributed by atoms with Gasteiger partial charge in [0.2, 0.25) is 5.88 Å². The summed E-state index contributed by atoms with van der Waals surface area (Å²) in [6.45, 7) is 3.00. The van der Waals surface area contributed by atoms with Gasteiger partial charge in [-0.2, -0.15) is 13.2 Å². The largest absolute Gasteiger partial charge is 0.480 e. The van der Waals surface area contributed by atoms with E-state index in [2.05, 4.69) is 15.0 Å². The highest BCUT2D eigenvalue weighted by atomic mass is 19.4. The number of alkyl halides is 3. The Hall–Kier alpha value is -3.56. The number of ether oxygens (including phenoxy) is 1. The second-order valence-corrected chi connectivity index (χ2v) is 8.88. The SMILES string of the molecule is CN=CC(C)(COc1ccc(-c2cnc(C3=C(C)CC=C(C(F)(F)F)CCC3)c(F)c2)cn1)C(=O)O. The van der Waals surface area contributed by atoms with E-state index in [0.717, 1.165) is 0 Å². The van der Waals surface area contributed by atoms with Crippen molar-refractivity contribution in [3.63, 3.8) is 0 Å². The second kappa shape index (κ2) is 11.0. The minimum atomic E-state index is -4.35. The van der Waals surface area contributed by atoms with Gasteiger partial charge in [-0.3, -0.25) is 14.8 Å². The highest BCUT2D eigenvalue weighted by molar-refractivity contribution is 5.93. The minimum Gasteiger partial charge on any atom is -0.480 e. The van der Waals surface area contributed by atoms with Crippen molar-refractivity contribution in [2.24, 2.45) is 10.4 Å². The molecule has 192 valence electrons. The van der Waals surface area contributed by atoms with E-state index in [0.29, 0.717) is 28.7 Å². The topological polar surface area (TPSA) is 84.7 Å². The molecule has 2 aromatic rings. The maximum Gasteiger partial charge on any atom is 0.412 e. The molecule has 0 saturated heterocycles. The number of pyridine rings is 2. The van der Waals surface area contributed by atoms with Crippen LogP contribution in [-0.4, -0.2) is 47.1 Å². The van der Waals surface area contributed by atoms with Crippen molar-refractivity contribution >= 4 is 17.8 Å². The standard InChI is InChI=1S/C26H27F4N3O3/c1-16-7-9-19(26(28,29)30)5-4-6-20(16)23-21(27)11-18(13-33-23)17-8-10-22(32-12-17)36-15-25(2,14-31-3)24(34)35/h8-14H,4-7,15H2,1-3H3,(H,34,35). The molecule has 0 aliphatic heterocycles. The van der Waals surface area contributed by atoms with E-state index < -0.39 is 29.0 Å². The van der Waals surface area contributed by atoms with Gasteiger partial charge in [0.05, 0.1) is 0 Å². The van der Waals surface area contributed by atoms with Gasteiger partial charge in [-0.15, -0.1) is 0 Å². The molecule has 1 aliphatic carbocycles. The van der Waals surface area contributed by atoms with Gasteiger partial charge >= 0.3 is 12.1 Å². The number of nitrogens with zero attached hydrogens (tertiary/aromatic N) is 3. The van der Waals surface area contributed by atoms with Gasteiger partial charge in [0.25, 0.3) is 0 Å². The molecule has 0 bridgehead atoms. The Morgan fingerprint density at radius 3 is 2.50 bits per heavy atom. The van der Waals surface area contributed by atoms with Crippen molar-refractivity contribution in [3.05, 3.63) is 59.3 Å². The van der Waals surface area contributed by atoms with Crippen LogP contribution in [0.5, 0.6) is 5.88 Å². The predicted molar refractivity (Wildman–Crippen MR) is 128 cm³/mol. The number of carboxylic acids is 1. The summed E-state index contributed by atoms with van der Waals surface area (Å²) in [5, 5.41) is 9.38. The van der Waals surface area contributed by atoms with Crippen LogP contribution in [0.3, 0.4) is 0 Å². The van der Waals surface area contributed by atoms with Crippen LogP contribution in [0, 0.1) is 11.2 Å². The highest BCUT2D eigenvalue weighted by Gasteiger charge is 2.34. The van der Waals surface area contributed by atoms with E-state index in [-0.39, 0.29) is 37.4 Å². The Kier molecular flexibility index (Phi) is 8.27. The molecule has 3 rings (SSSR count). The number of rotatable bonds is 7. The zero-order valence-electron chi connectivity index (χ0n) is 20.2. The Morgan fingerprint density at radius 1 is 1.19 bits per heavy atom. The fraction of sp³-hybridized carbons (Fsp3) is 0.385. The summed E-state index contributed by atoms with van der Waals surface area (Å²) >= 11 is 0. The van der Waals surface area contributed by atoms with Crippen LogP contribution < -0.4 is 4.74 Å². The van der Waals surface area contributed by atoms with Crippen LogP contribution in [0.2, 0.25) is 0 Å². The van der Waals surface area contributed by atoms with E-state index in [9.17, 15) is 23.1 Å². The van der Waals surface area contributed by atoms with Crippen molar-refractivity contribution in [1.29, 1.82) is 0 Å². The van der Waals surface area contributed by atoms with Crippen molar-refractivity contribution in [2.75, 3.05) is 13.7 Å². The molecule has 0 radical (unpaired) electrons. The van der Waals surface area contributed by atoms with Crippen LogP contribution in [0.15, 0.2) is 52.8 Å². The maximum atomic E-state index is 15.1. The molecular weight excluding hydrogens is 478 g/mol. The number of hydrogen-bond acceptors (Lipinski definition) is 5. The summed E-state index contributed by atoms with van der Waals surface area (Å²) in [7, 11) is 1.47. The van der Waals surface area contributed by atoms with Crippen molar-refractivity contribution in [1.82, 2.24) is 9.97 Å². The van der Waals surface area contributed by atoms with Crippen molar-refractivity contribution < 1.29 is 32.2 Å². The molecule has 1 unspecified atom stereocenters. The van der Waals surface area contributed by atoms with Crippen LogP contribution in [-0.2, 0) is 4.79 Å². The first kappa shape index (κ1) is 27.0. The molecule has 1 aliphatic rings. The highest BCUT2D eigenvalue weighted by Crippen LogP contribution is 2.36. The van der Waals surface area contributed by atoms with Crippen LogP contribution >= 0.6 is 0 Å². The predicted octanol–water partition coefficient (Wildman–Crippen LogP) is 6.29. The zero-order chi connectivity index (χ0) is 26.5. The van der Waals surface area contributed by atoms with Crippen LogP contribution in [0.25, 0.3) is 16.7 Å². The third kappa shape index (κ3) is 6.35. The molecule has 2 heterocycles. The van der Waals surface area contributed by atoms with Crippen molar-refractivity contribution in [3.8, 4) is 17.0 Å². The summed E-state index contributed by atoms with van der Waals surface area (Å²) < 4.78 is 59.7. The van der Waals surface area contributed by atoms with E-state index in [1.807, 2.05) is 0 Å². The lowest BCUT2D eigenvalue weighted by Crippen LogP contribution is -2.35. The van der Waals surface area contributed by atoms with Gasteiger partial charge in [0.15, 0.2) is 0 Å². The number of halogens is 4. The molecule has 2 aromatic heterocycles. The molecule has 0 spiro atoms. The van der Waals surface area contributed by atoms with Gasteiger partial charge in [-0.05, 0) is 57.2 Å². The fourth-order valence-corrected chi connectivity index (χ4v) is 3.87. The summed E-state index contributed by atoms with van der Waals surface area (Å²) in [5.74, 6) is -1.46. The Labute approximate surface area is 206 Å². The molecule has 6 nitrogen and oxygen atoms in total. The number of aromatic nitrogens is 2. The van der Waals surface area contributed by atoms with Gasteiger partial charge in [-0.1, -0.05) is 11.6 Å². The molecule has 0 saturated carbocycles. The van der Waals surface area contributed by atoms with Crippen LogP contribution in [0.1, 0.15) is 45.2 Å². The Morgan fingerprint density at radius 2 is 1.92 bits per heavy atom. The zero-order valence-corrected chi connectivity index (χ0v) is 20.2. The monoisotopic (exact) mass is 505 g/mol. The first-order valence-corrected chi connectivity index (χ1v) is 11.3. The Bertz CT molecular complexity index is 1200. The number of carboxylic acid groups (broad SMARTS) is 1. The maximum absolute atomic E-state index is 15.1. The van der Waals surface area contributed by atoms with E-state index >= 15 is 4.39 Å². The second-order valence-electron chi connectivity index (χ2n) is 8.88. The summed E-state index contributed by atoms with van der Waals surface area (Å²) in [6, 6.07) is 4.50. The lowest BCUT2D eigenvalue weighted by Gasteiger charge is -2.19. The van der Waals surface area contributed by atoms with Crippen molar-refractivity contribution in [2.45, 2.75) is 45.7 Å². The average Bonchev–Trinajstić information content (AvgIpc) is 2.80. The summed E-state index contributed by atoms with van der Waals surface area (Å²) in [4.78, 5) is 23.7. The van der Waals surface area contributed by atoms with E-state index in [4.69, 9.17) is 4.74 Å². The molecular formula is C26H27F4N3O3. The summed E-state index contributed by atoms with van der Waals surface area (Å²) in [6.07, 6.45) is 1.58.